The number of benzene rings is 1. The van der Waals surface area contributed by atoms with Crippen LogP contribution in [0.4, 0.5) is 4.39 Å². The van der Waals surface area contributed by atoms with Gasteiger partial charge in [0.25, 0.3) is 0 Å². The molecule has 2 aliphatic heterocycles. The highest BCUT2D eigenvalue weighted by Gasteiger charge is 2.41. The number of hydrogen-bond donors (Lipinski definition) is 1. The molecule has 0 aromatic heterocycles. The molecule has 21 heavy (non-hydrogen) atoms. The first-order valence-electron chi connectivity index (χ1n) is 7.18. The largest absolute Gasteiger partial charge is 0.393 e. The number of aliphatic hydroxyl groups is 1. The van der Waals surface area contributed by atoms with Crippen LogP contribution in [0.3, 0.4) is 0 Å². The topological polar surface area (TPSA) is 40.5 Å². The van der Waals surface area contributed by atoms with Crippen LogP contribution in [-0.4, -0.2) is 34.1 Å². The molecule has 0 aliphatic carbocycles. The zero-order valence-corrected chi connectivity index (χ0v) is 13.1. The van der Waals surface area contributed by atoms with Gasteiger partial charge in [-0.15, -0.1) is 0 Å². The van der Waals surface area contributed by atoms with Crippen LogP contribution in [0.2, 0.25) is 0 Å². The van der Waals surface area contributed by atoms with Gasteiger partial charge in [-0.05, 0) is 50.0 Å². The van der Waals surface area contributed by atoms with Gasteiger partial charge in [0.15, 0.2) is 0 Å². The van der Waals surface area contributed by atoms with E-state index in [4.69, 9.17) is 0 Å². The van der Waals surface area contributed by atoms with Crippen LogP contribution in [0.1, 0.15) is 31.2 Å². The molecule has 3 rings (SSSR count). The lowest BCUT2D eigenvalue weighted by molar-refractivity contribution is -0.131. The summed E-state index contributed by atoms with van der Waals surface area (Å²) in [6.45, 7) is 0. The number of rotatable bonds is 2. The summed E-state index contributed by atoms with van der Waals surface area (Å²) >= 11 is 3.29. The lowest BCUT2D eigenvalue weighted by Gasteiger charge is -2.36. The Kier molecular flexibility index (Phi) is 4.13. The van der Waals surface area contributed by atoms with Crippen molar-refractivity contribution in [1.29, 1.82) is 0 Å². The van der Waals surface area contributed by atoms with E-state index in [9.17, 15) is 14.3 Å². The Labute approximate surface area is 131 Å². The van der Waals surface area contributed by atoms with E-state index in [1.165, 1.54) is 18.2 Å². The molecule has 2 unspecified atom stereocenters. The van der Waals surface area contributed by atoms with Gasteiger partial charge in [0.2, 0.25) is 5.91 Å². The van der Waals surface area contributed by atoms with Gasteiger partial charge in [-0.1, -0.05) is 15.9 Å². The molecular formula is C16H17BrFNO2. The molecule has 0 radical (unpaired) electrons. The third-order valence-electron chi connectivity index (χ3n) is 4.33. The average molecular weight is 354 g/mol. The Morgan fingerprint density at radius 1 is 1.33 bits per heavy atom. The Morgan fingerprint density at radius 3 is 2.67 bits per heavy atom. The second kappa shape index (κ2) is 5.89. The average Bonchev–Trinajstić information content (AvgIpc) is 2.72. The summed E-state index contributed by atoms with van der Waals surface area (Å²) < 4.78 is 14.4. The van der Waals surface area contributed by atoms with Crippen molar-refractivity contribution < 1.29 is 14.3 Å². The van der Waals surface area contributed by atoms with Crippen molar-refractivity contribution in [2.45, 2.75) is 43.9 Å². The first-order chi connectivity index (χ1) is 10.0. The minimum absolute atomic E-state index is 0.0891. The van der Waals surface area contributed by atoms with Crippen LogP contribution in [0, 0.1) is 5.82 Å². The van der Waals surface area contributed by atoms with E-state index in [0.29, 0.717) is 18.4 Å². The SMILES string of the molecule is O=C(C=Cc1cc(Br)ccc1F)N1C2CCC1CC(O)C2. The molecule has 2 saturated heterocycles. The van der Waals surface area contributed by atoms with E-state index < -0.39 is 0 Å². The van der Waals surface area contributed by atoms with Crippen molar-refractivity contribution in [2.24, 2.45) is 0 Å². The fourth-order valence-electron chi connectivity index (χ4n) is 3.40. The molecule has 1 amide bonds. The van der Waals surface area contributed by atoms with Crippen LogP contribution in [0.25, 0.3) is 6.08 Å². The molecule has 3 nitrogen and oxygen atoms in total. The maximum absolute atomic E-state index is 13.6. The second-order valence-electron chi connectivity index (χ2n) is 5.75. The number of halogens is 2. The van der Waals surface area contributed by atoms with E-state index in [0.717, 1.165) is 17.3 Å². The monoisotopic (exact) mass is 353 g/mol. The third kappa shape index (κ3) is 3.04. The first-order valence-corrected chi connectivity index (χ1v) is 7.97. The molecule has 2 atom stereocenters. The maximum Gasteiger partial charge on any atom is 0.247 e. The molecule has 2 fully saturated rings. The zero-order valence-electron chi connectivity index (χ0n) is 11.5. The van der Waals surface area contributed by atoms with E-state index >= 15 is 0 Å². The minimum atomic E-state index is -0.348. The van der Waals surface area contributed by atoms with E-state index in [1.54, 1.807) is 12.1 Å². The Morgan fingerprint density at radius 2 is 2.00 bits per heavy atom. The van der Waals surface area contributed by atoms with Crippen molar-refractivity contribution in [3.63, 3.8) is 0 Å². The number of amides is 1. The summed E-state index contributed by atoms with van der Waals surface area (Å²) in [6, 6.07) is 4.90. The Balaban J connectivity index is 1.75. The highest BCUT2D eigenvalue weighted by atomic mass is 79.9. The van der Waals surface area contributed by atoms with Gasteiger partial charge >= 0.3 is 0 Å². The quantitative estimate of drug-likeness (QED) is 0.829. The highest BCUT2D eigenvalue weighted by Crippen LogP contribution is 2.35. The smallest absolute Gasteiger partial charge is 0.247 e. The molecule has 5 heteroatoms. The highest BCUT2D eigenvalue weighted by molar-refractivity contribution is 9.10. The van der Waals surface area contributed by atoms with Crippen molar-refractivity contribution in [3.8, 4) is 0 Å². The van der Waals surface area contributed by atoms with E-state index in [-0.39, 0.29) is 29.9 Å². The van der Waals surface area contributed by atoms with Crippen LogP contribution in [-0.2, 0) is 4.79 Å². The van der Waals surface area contributed by atoms with Crippen molar-refractivity contribution in [1.82, 2.24) is 4.90 Å². The standard InChI is InChI=1S/C16H17BrFNO2/c17-11-2-5-15(18)10(7-11)1-6-16(21)19-12-3-4-13(19)9-14(20)8-12/h1-2,5-7,12-14,20H,3-4,8-9H2. The van der Waals surface area contributed by atoms with Crippen LogP contribution in [0.5, 0.6) is 0 Å². The van der Waals surface area contributed by atoms with Gasteiger partial charge in [0.05, 0.1) is 6.10 Å². The lowest BCUT2D eigenvalue weighted by atomic mass is 10.00. The van der Waals surface area contributed by atoms with Crippen LogP contribution >= 0.6 is 15.9 Å². The molecule has 1 aromatic carbocycles. The summed E-state index contributed by atoms with van der Waals surface area (Å²) in [5.74, 6) is -0.437. The van der Waals surface area contributed by atoms with E-state index in [2.05, 4.69) is 15.9 Å². The first kappa shape index (κ1) is 14.7. The number of carbonyl (C=O) groups is 1. The number of fused-ring (bicyclic) bond motifs is 2. The molecule has 0 spiro atoms. The number of aliphatic hydroxyl groups excluding tert-OH is 1. The molecule has 2 aliphatic rings. The molecule has 2 bridgehead atoms. The summed E-state index contributed by atoms with van der Waals surface area (Å²) in [4.78, 5) is 14.2. The molecule has 1 aromatic rings. The lowest BCUT2D eigenvalue weighted by Crippen LogP contribution is -2.47. The summed E-state index contributed by atoms with van der Waals surface area (Å²) in [7, 11) is 0. The predicted octanol–water partition coefficient (Wildman–Crippen LogP) is 3.12. The fourth-order valence-corrected chi connectivity index (χ4v) is 3.78. The molecule has 1 N–H and O–H groups in total. The molecule has 0 saturated carbocycles. The maximum atomic E-state index is 13.6. The van der Waals surface area contributed by atoms with Gasteiger partial charge in [0.1, 0.15) is 5.82 Å². The van der Waals surface area contributed by atoms with Crippen molar-refractivity contribution in [2.75, 3.05) is 0 Å². The molecule has 112 valence electrons. The van der Waals surface area contributed by atoms with Crippen LogP contribution < -0.4 is 0 Å². The fraction of sp³-hybridized carbons (Fsp3) is 0.438. The third-order valence-corrected chi connectivity index (χ3v) is 4.82. The number of nitrogens with zero attached hydrogens (tertiary/aromatic N) is 1. The minimum Gasteiger partial charge on any atom is -0.393 e. The van der Waals surface area contributed by atoms with Crippen molar-refractivity contribution in [3.05, 3.63) is 40.1 Å². The van der Waals surface area contributed by atoms with Crippen molar-refractivity contribution >= 4 is 27.9 Å². The Hall–Kier alpha value is -1.20. The zero-order chi connectivity index (χ0) is 15.0. The molecular weight excluding hydrogens is 337 g/mol. The summed E-state index contributed by atoms with van der Waals surface area (Å²) in [5.41, 5.74) is 0.391. The van der Waals surface area contributed by atoms with Gasteiger partial charge in [-0.2, -0.15) is 0 Å². The van der Waals surface area contributed by atoms with Gasteiger partial charge in [-0.3, -0.25) is 4.79 Å². The van der Waals surface area contributed by atoms with Gasteiger partial charge in [-0.25, -0.2) is 4.39 Å². The van der Waals surface area contributed by atoms with Crippen LogP contribution in [0.15, 0.2) is 28.7 Å². The predicted molar refractivity (Wildman–Crippen MR) is 82.0 cm³/mol. The second-order valence-corrected chi connectivity index (χ2v) is 6.67. The van der Waals surface area contributed by atoms with Gasteiger partial charge in [0, 0.05) is 28.2 Å². The number of hydrogen-bond acceptors (Lipinski definition) is 2. The normalized spacial score (nSPS) is 28.3. The van der Waals surface area contributed by atoms with E-state index in [1.807, 2.05) is 4.90 Å². The summed E-state index contributed by atoms with van der Waals surface area (Å²) in [5, 5.41) is 9.75. The molecule has 2 heterocycles. The Bertz CT molecular complexity index is 576. The summed E-state index contributed by atoms with van der Waals surface area (Å²) in [6.07, 6.45) is 5.88. The number of piperidine rings is 1. The van der Waals surface area contributed by atoms with Gasteiger partial charge < -0.3 is 10.0 Å². The number of carbonyl (C=O) groups excluding carboxylic acids is 1.